The number of carboxylic acid groups (broad SMARTS) is 1. The van der Waals surface area contributed by atoms with Gasteiger partial charge in [-0.05, 0) is 30.9 Å². The molecular formula is C14H17NO4. The predicted octanol–water partition coefficient (Wildman–Crippen LogP) is 1.53. The molecule has 1 aliphatic heterocycles. The van der Waals surface area contributed by atoms with Crippen LogP contribution in [0.3, 0.4) is 0 Å². The smallest absolute Gasteiger partial charge is 0.325 e. The first-order chi connectivity index (χ1) is 9.08. The number of nitrogens with one attached hydrogen (secondary N) is 1. The minimum Gasteiger partial charge on any atom is -0.493 e. The number of carbonyl (C=O) groups excluding carboxylic acids is 1. The van der Waals surface area contributed by atoms with Crippen molar-refractivity contribution in [2.75, 3.05) is 6.61 Å². The Hall–Kier alpha value is -2.04. The van der Waals surface area contributed by atoms with Gasteiger partial charge < -0.3 is 15.2 Å². The van der Waals surface area contributed by atoms with Crippen LogP contribution in [0.25, 0.3) is 0 Å². The lowest BCUT2D eigenvalue weighted by Crippen LogP contribution is -2.39. The van der Waals surface area contributed by atoms with Gasteiger partial charge in [-0.25, -0.2) is 0 Å². The van der Waals surface area contributed by atoms with E-state index < -0.39 is 12.0 Å². The Morgan fingerprint density at radius 2 is 2.21 bits per heavy atom. The number of fused-ring (bicyclic) bond motifs is 1. The third-order valence-electron chi connectivity index (χ3n) is 3.26. The number of rotatable bonds is 4. The molecule has 0 aliphatic carbocycles. The zero-order valence-corrected chi connectivity index (χ0v) is 10.8. The van der Waals surface area contributed by atoms with E-state index in [0.717, 1.165) is 17.7 Å². The van der Waals surface area contributed by atoms with E-state index in [1.54, 1.807) is 0 Å². The average Bonchev–Trinajstić information content (AvgIpc) is 2.39. The number of carbonyl (C=O) groups is 2. The molecule has 1 aromatic carbocycles. The second-order valence-corrected chi connectivity index (χ2v) is 4.70. The molecule has 5 heteroatoms. The Bertz CT molecular complexity index is 486. The Kier molecular flexibility index (Phi) is 4.04. The average molecular weight is 263 g/mol. The van der Waals surface area contributed by atoms with Crippen LogP contribution < -0.4 is 10.1 Å². The molecule has 0 saturated heterocycles. The Morgan fingerprint density at radius 1 is 1.47 bits per heavy atom. The monoisotopic (exact) mass is 263 g/mol. The molecule has 0 radical (unpaired) electrons. The quantitative estimate of drug-likeness (QED) is 0.863. The van der Waals surface area contributed by atoms with Gasteiger partial charge in [-0.3, -0.25) is 9.59 Å². The van der Waals surface area contributed by atoms with Crippen molar-refractivity contribution in [1.82, 2.24) is 5.32 Å². The van der Waals surface area contributed by atoms with Crippen molar-refractivity contribution in [3.05, 3.63) is 29.8 Å². The SMILES string of the molecule is C[C@H](NC(=O)CC1CCOc2ccccc21)C(=O)O. The summed E-state index contributed by atoms with van der Waals surface area (Å²) in [6, 6.07) is 6.79. The van der Waals surface area contributed by atoms with Gasteiger partial charge in [0.15, 0.2) is 0 Å². The Labute approximate surface area is 111 Å². The van der Waals surface area contributed by atoms with Gasteiger partial charge in [-0.1, -0.05) is 18.2 Å². The number of benzene rings is 1. The standard InChI is InChI=1S/C14H17NO4/c1-9(14(17)18)15-13(16)8-10-6-7-19-12-5-3-2-4-11(10)12/h2-5,9-10H,6-8H2,1H3,(H,15,16)(H,17,18)/t9-,10?/m0/s1. The minimum atomic E-state index is -1.03. The highest BCUT2D eigenvalue weighted by Gasteiger charge is 2.24. The van der Waals surface area contributed by atoms with E-state index >= 15 is 0 Å². The molecule has 102 valence electrons. The summed E-state index contributed by atoms with van der Waals surface area (Å²) in [5, 5.41) is 11.2. The number of para-hydroxylation sites is 1. The molecule has 0 bridgehead atoms. The van der Waals surface area contributed by atoms with Crippen LogP contribution in [0.1, 0.15) is 31.2 Å². The van der Waals surface area contributed by atoms with Crippen LogP contribution in [0.4, 0.5) is 0 Å². The van der Waals surface area contributed by atoms with E-state index in [1.165, 1.54) is 6.92 Å². The summed E-state index contributed by atoms with van der Waals surface area (Å²) in [5.74, 6) is -0.360. The summed E-state index contributed by atoms with van der Waals surface area (Å²) in [7, 11) is 0. The summed E-state index contributed by atoms with van der Waals surface area (Å²) in [6.07, 6.45) is 1.06. The first-order valence-corrected chi connectivity index (χ1v) is 6.32. The molecule has 2 N–H and O–H groups in total. The van der Waals surface area contributed by atoms with Gasteiger partial charge in [0.2, 0.25) is 5.91 Å². The van der Waals surface area contributed by atoms with Crippen LogP contribution in [0, 0.1) is 0 Å². The zero-order valence-electron chi connectivity index (χ0n) is 10.8. The molecule has 2 rings (SSSR count). The van der Waals surface area contributed by atoms with Crippen molar-refractivity contribution in [2.45, 2.75) is 31.7 Å². The topological polar surface area (TPSA) is 75.6 Å². The summed E-state index contributed by atoms with van der Waals surface area (Å²) in [4.78, 5) is 22.5. The van der Waals surface area contributed by atoms with Crippen molar-refractivity contribution in [3.63, 3.8) is 0 Å². The maximum atomic E-state index is 11.8. The van der Waals surface area contributed by atoms with E-state index in [4.69, 9.17) is 9.84 Å². The molecule has 0 spiro atoms. The van der Waals surface area contributed by atoms with Crippen LogP contribution in [0.2, 0.25) is 0 Å². The van der Waals surface area contributed by atoms with Crippen LogP contribution in [-0.4, -0.2) is 29.6 Å². The van der Waals surface area contributed by atoms with Gasteiger partial charge in [0.25, 0.3) is 0 Å². The molecule has 19 heavy (non-hydrogen) atoms. The molecule has 0 fully saturated rings. The fourth-order valence-electron chi connectivity index (χ4n) is 2.21. The van der Waals surface area contributed by atoms with E-state index in [9.17, 15) is 9.59 Å². The lowest BCUT2D eigenvalue weighted by molar-refractivity contribution is -0.141. The normalized spacial score (nSPS) is 18.9. The maximum Gasteiger partial charge on any atom is 0.325 e. The summed E-state index contributed by atoms with van der Waals surface area (Å²) >= 11 is 0. The summed E-state index contributed by atoms with van der Waals surface area (Å²) in [6.45, 7) is 2.04. The molecule has 0 saturated carbocycles. The molecule has 0 aromatic heterocycles. The molecule has 5 nitrogen and oxygen atoms in total. The second-order valence-electron chi connectivity index (χ2n) is 4.70. The van der Waals surface area contributed by atoms with Crippen molar-refractivity contribution in [1.29, 1.82) is 0 Å². The highest BCUT2D eigenvalue weighted by atomic mass is 16.5. The van der Waals surface area contributed by atoms with Gasteiger partial charge in [0.05, 0.1) is 6.61 Å². The lowest BCUT2D eigenvalue weighted by Gasteiger charge is -2.25. The van der Waals surface area contributed by atoms with Crippen LogP contribution >= 0.6 is 0 Å². The van der Waals surface area contributed by atoms with Gasteiger partial charge in [-0.15, -0.1) is 0 Å². The summed E-state index contributed by atoms with van der Waals surface area (Å²) in [5.41, 5.74) is 1.02. The molecule has 1 aliphatic rings. The first kappa shape index (κ1) is 13.4. The molecule has 1 amide bonds. The third kappa shape index (κ3) is 3.24. The highest BCUT2D eigenvalue weighted by Crippen LogP contribution is 2.35. The van der Waals surface area contributed by atoms with Crippen molar-refractivity contribution < 1.29 is 19.4 Å². The number of ether oxygens (including phenoxy) is 1. The molecule has 1 heterocycles. The zero-order chi connectivity index (χ0) is 13.8. The predicted molar refractivity (Wildman–Crippen MR) is 69.2 cm³/mol. The molecule has 1 unspecified atom stereocenters. The van der Waals surface area contributed by atoms with Gasteiger partial charge in [0.1, 0.15) is 11.8 Å². The van der Waals surface area contributed by atoms with E-state index in [2.05, 4.69) is 5.32 Å². The first-order valence-electron chi connectivity index (χ1n) is 6.32. The third-order valence-corrected chi connectivity index (χ3v) is 3.26. The van der Waals surface area contributed by atoms with Crippen molar-refractivity contribution >= 4 is 11.9 Å². The van der Waals surface area contributed by atoms with Gasteiger partial charge >= 0.3 is 5.97 Å². The fraction of sp³-hybridized carbons (Fsp3) is 0.429. The van der Waals surface area contributed by atoms with Crippen molar-refractivity contribution in [3.8, 4) is 5.75 Å². The number of carboxylic acids is 1. The van der Waals surface area contributed by atoms with Crippen LogP contribution in [0.15, 0.2) is 24.3 Å². The van der Waals surface area contributed by atoms with E-state index in [-0.39, 0.29) is 18.2 Å². The number of hydrogen-bond acceptors (Lipinski definition) is 3. The largest absolute Gasteiger partial charge is 0.493 e. The lowest BCUT2D eigenvalue weighted by atomic mass is 9.90. The molecular weight excluding hydrogens is 246 g/mol. The number of aliphatic carboxylic acids is 1. The highest BCUT2D eigenvalue weighted by molar-refractivity contribution is 5.83. The van der Waals surface area contributed by atoms with Crippen LogP contribution in [-0.2, 0) is 9.59 Å². The number of hydrogen-bond donors (Lipinski definition) is 2. The van der Waals surface area contributed by atoms with E-state index in [1.807, 2.05) is 24.3 Å². The van der Waals surface area contributed by atoms with Crippen molar-refractivity contribution in [2.24, 2.45) is 0 Å². The van der Waals surface area contributed by atoms with Gasteiger partial charge in [-0.2, -0.15) is 0 Å². The molecule has 2 atom stereocenters. The number of amides is 1. The van der Waals surface area contributed by atoms with E-state index in [0.29, 0.717) is 6.61 Å². The van der Waals surface area contributed by atoms with Gasteiger partial charge in [0, 0.05) is 6.42 Å². The second kappa shape index (κ2) is 5.73. The Balaban J connectivity index is 2.01. The summed E-state index contributed by atoms with van der Waals surface area (Å²) < 4.78 is 5.53. The van der Waals surface area contributed by atoms with Crippen LogP contribution in [0.5, 0.6) is 5.75 Å². The Morgan fingerprint density at radius 3 is 2.95 bits per heavy atom. The maximum absolute atomic E-state index is 11.8. The fourth-order valence-corrected chi connectivity index (χ4v) is 2.21. The molecule has 1 aromatic rings. The minimum absolute atomic E-state index is 0.0888.